The number of pyridine rings is 2. The van der Waals surface area contributed by atoms with Gasteiger partial charge in [0.05, 0.1) is 11.0 Å². The van der Waals surface area contributed by atoms with E-state index in [0.29, 0.717) is 11.2 Å². The fourth-order valence-corrected chi connectivity index (χ4v) is 3.00. The molecule has 0 saturated carbocycles. The third-order valence-corrected chi connectivity index (χ3v) is 3.85. The van der Waals surface area contributed by atoms with Crippen molar-refractivity contribution in [2.75, 3.05) is 18.0 Å². The summed E-state index contributed by atoms with van der Waals surface area (Å²) in [5.41, 5.74) is 1.89. The molecule has 0 radical (unpaired) electrons. The highest BCUT2D eigenvalue weighted by atomic mass is 35.5. The lowest BCUT2D eigenvalue weighted by atomic mass is 10.1. The second kappa shape index (κ2) is 5.43. The molecule has 0 unspecified atom stereocenters. The summed E-state index contributed by atoms with van der Waals surface area (Å²) in [6.45, 7) is 8.65. The Morgan fingerprint density at radius 3 is 2.62 bits per heavy atom. The quantitative estimate of drug-likeness (QED) is 0.865. The summed E-state index contributed by atoms with van der Waals surface area (Å²) in [6.07, 6.45) is 1.15. The highest BCUT2D eigenvalue weighted by Crippen LogP contribution is 2.22. The van der Waals surface area contributed by atoms with E-state index in [-0.39, 0.29) is 5.54 Å². The Morgan fingerprint density at radius 1 is 1.14 bits per heavy atom. The minimum Gasteiger partial charge on any atom is -0.355 e. The molecule has 112 valence electrons. The minimum absolute atomic E-state index is 0.151. The molecule has 2 aromatic heterocycles. The molecule has 1 N–H and O–H groups in total. The second-order valence-electron chi connectivity index (χ2n) is 6.67. The van der Waals surface area contributed by atoms with Crippen LogP contribution in [0.25, 0.3) is 11.0 Å². The van der Waals surface area contributed by atoms with Crippen LogP contribution in [0.3, 0.4) is 0 Å². The molecular formula is C16H21ClN4. The maximum absolute atomic E-state index is 5.91. The fraction of sp³-hybridized carbons (Fsp3) is 0.500. The zero-order valence-corrected chi connectivity index (χ0v) is 13.5. The van der Waals surface area contributed by atoms with Crippen molar-refractivity contribution in [3.8, 4) is 0 Å². The summed E-state index contributed by atoms with van der Waals surface area (Å²) in [6, 6.07) is 8.26. The average molecular weight is 305 g/mol. The Labute approximate surface area is 130 Å². The van der Waals surface area contributed by atoms with Crippen LogP contribution in [0, 0.1) is 0 Å². The number of anilines is 1. The Bertz CT molecular complexity index is 650. The first-order valence-electron chi connectivity index (χ1n) is 7.37. The summed E-state index contributed by atoms with van der Waals surface area (Å²) < 4.78 is 0. The Kier molecular flexibility index (Phi) is 3.76. The fourth-order valence-electron chi connectivity index (χ4n) is 2.85. The van der Waals surface area contributed by atoms with Gasteiger partial charge in [-0.05, 0) is 51.5 Å². The Hall–Kier alpha value is -1.39. The van der Waals surface area contributed by atoms with Crippen molar-refractivity contribution in [2.24, 2.45) is 0 Å². The van der Waals surface area contributed by atoms with Crippen molar-refractivity contribution in [3.05, 3.63) is 29.4 Å². The zero-order chi connectivity index (χ0) is 15.0. The molecule has 1 aliphatic rings. The Morgan fingerprint density at radius 2 is 1.86 bits per heavy atom. The van der Waals surface area contributed by atoms with Crippen LogP contribution in [0.1, 0.15) is 27.2 Å². The molecule has 1 saturated heterocycles. The van der Waals surface area contributed by atoms with Crippen molar-refractivity contribution in [3.63, 3.8) is 0 Å². The van der Waals surface area contributed by atoms with Gasteiger partial charge in [0.15, 0.2) is 0 Å². The molecule has 0 aliphatic carbocycles. The third-order valence-electron chi connectivity index (χ3n) is 3.64. The smallest absolute Gasteiger partial charge is 0.129 e. The zero-order valence-electron chi connectivity index (χ0n) is 12.7. The first-order valence-corrected chi connectivity index (χ1v) is 7.74. The van der Waals surface area contributed by atoms with E-state index in [9.17, 15) is 0 Å². The molecule has 1 fully saturated rings. The normalized spacial score (nSPS) is 19.4. The van der Waals surface area contributed by atoms with Gasteiger partial charge < -0.3 is 10.2 Å². The van der Waals surface area contributed by atoms with Crippen molar-refractivity contribution in [2.45, 2.75) is 38.8 Å². The van der Waals surface area contributed by atoms with E-state index in [2.05, 4.69) is 36.0 Å². The standard InChI is InChI=1S/C16H21ClN4/c1-16(2,3)20-11-8-9-21(10-11)15-7-5-12-13(19-15)4-6-14(17)18-12/h4-7,11,20H,8-10H2,1-3H3/t11-/m0/s1. The van der Waals surface area contributed by atoms with E-state index in [1.54, 1.807) is 6.07 Å². The summed E-state index contributed by atoms with van der Waals surface area (Å²) >= 11 is 5.91. The second-order valence-corrected chi connectivity index (χ2v) is 7.05. The van der Waals surface area contributed by atoms with Crippen molar-refractivity contribution in [1.29, 1.82) is 0 Å². The molecule has 0 spiro atoms. The number of hydrogen-bond donors (Lipinski definition) is 1. The maximum Gasteiger partial charge on any atom is 0.129 e. The van der Waals surface area contributed by atoms with Crippen LogP contribution in [0.15, 0.2) is 24.3 Å². The van der Waals surface area contributed by atoms with Gasteiger partial charge in [-0.3, -0.25) is 0 Å². The van der Waals surface area contributed by atoms with Gasteiger partial charge in [0.2, 0.25) is 0 Å². The van der Waals surface area contributed by atoms with Crippen LogP contribution in [0.4, 0.5) is 5.82 Å². The van der Waals surface area contributed by atoms with Gasteiger partial charge in [0.25, 0.3) is 0 Å². The number of fused-ring (bicyclic) bond motifs is 1. The Balaban J connectivity index is 1.77. The average Bonchev–Trinajstić information content (AvgIpc) is 2.84. The summed E-state index contributed by atoms with van der Waals surface area (Å²) in [5.74, 6) is 1.02. The van der Waals surface area contributed by atoms with Gasteiger partial charge >= 0.3 is 0 Å². The molecule has 21 heavy (non-hydrogen) atoms. The molecule has 3 rings (SSSR count). The van der Waals surface area contributed by atoms with Crippen LogP contribution < -0.4 is 10.2 Å². The highest BCUT2D eigenvalue weighted by molar-refractivity contribution is 6.29. The molecule has 4 nitrogen and oxygen atoms in total. The number of rotatable bonds is 2. The first kappa shape index (κ1) is 14.5. The highest BCUT2D eigenvalue weighted by Gasteiger charge is 2.26. The first-order chi connectivity index (χ1) is 9.90. The number of aromatic nitrogens is 2. The number of hydrogen-bond acceptors (Lipinski definition) is 4. The van der Waals surface area contributed by atoms with Crippen molar-refractivity contribution in [1.82, 2.24) is 15.3 Å². The lowest BCUT2D eigenvalue weighted by Gasteiger charge is -2.26. The van der Waals surface area contributed by atoms with Crippen LogP contribution in [-0.2, 0) is 0 Å². The van der Waals surface area contributed by atoms with E-state index in [0.717, 1.165) is 36.4 Å². The van der Waals surface area contributed by atoms with Gasteiger partial charge in [0, 0.05) is 24.7 Å². The van der Waals surface area contributed by atoms with Crippen LogP contribution in [-0.4, -0.2) is 34.6 Å². The minimum atomic E-state index is 0.151. The monoisotopic (exact) mass is 304 g/mol. The van der Waals surface area contributed by atoms with Crippen molar-refractivity contribution >= 4 is 28.5 Å². The molecule has 0 amide bonds. The summed E-state index contributed by atoms with van der Waals surface area (Å²) in [4.78, 5) is 11.3. The SMILES string of the molecule is CC(C)(C)N[C@H]1CCN(c2ccc3nc(Cl)ccc3n2)C1. The van der Waals surface area contributed by atoms with E-state index in [4.69, 9.17) is 16.6 Å². The lowest BCUT2D eigenvalue weighted by Crippen LogP contribution is -2.44. The number of halogens is 1. The van der Waals surface area contributed by atoms with E-state index in [1.807, 2.05) is 18.2 Å². The number of nitrogens with one attached hydrogen (secondary N) is 1. The molecule has 1 aliphatic heterocycles. The summed E-state index contributed by atoms with van der Waals surface area (Å²) in [7, 11) is 0. The van der Waals surface area contributed by atoms with Gasteiger partial charge in [-0.2, -0.15) is 0 Å². The maximum atomic E-state index is 5.91. The van der Waals surface area contributed by atoms with Gasteiger partial charge in [0.1, 0.15) is 11.0 Å². The van der Waals surface area contributed by atoms with E-state index < -0.39 is 0 Å². The van der Waals surface area contributed by atoms with Crippen LogP contribution >= 0.6 is 11.6 Å². The van der Waals surface area contributed by atoms with Gasteiger partial charge in [-0.15, -0.1) is 0 Å². The molecule has 0 bridgehead atoms. The largest absolute Gasteiger partial charge is 0.355 e. The van der Waals surface area contributed by atoms with Crippen molar-refractivity contribution < 1.29 is 0 Å². The lowest BCUT2D eigenvalue weighted by molar-refractivity contribution is 0.373. The molecule has 5 heteroatoms. The molecular weight excluding hydrogens is 284 g/mol. The molecule has 3 heterocycles. The number of nitrogens with zero attached hydrogens (tertiary/aromatic N) is 3. The third kappa shape index (κ3) is 3.44. The molecule has 2 aromatic rings. The van der Waals surface area contributed by atoms with Gasteiger partial charge in [-0.1, -0.05) is 11.6 Å². The summed E-state index contributed by atoms with van der Waals surface area (Å²) in [5, 5.41) is 4.17. The molecule has 0 aromatic carbocycles. The van der Waals surface area contributed by atoms with Crippen LogP contribution in [0.5, 0.6) is 0 Å². The van der Waals surface area contributed by atoms with E-state index >= 15 is 0 Å². The predicted molar refractivity (Wildman–Crippen MR) is 88.1 cm³/mol. The predicted octanol–water partition coefficient (Wildman–Crippen LogP) is 3.25. The topological polar surface area (TPSA) is 41.0 Å². The van der Waals surface area contributed by atoms with Gasteiger partial charge in [-0.25, -0.2) is 9.97 Å². The van der Waals surface area contributed by atoms with Crippen LogP contribution in [0.2, 0.25) is 5.15 Å². The molecule has 1 atom stereocenters. The van der Waals surface area contributed by atoms with E-state index in [1.165, 1.54) is 0 Å².